The Morgan fingerprint density at radius 1 is 1.37 bits per heavy atom. The zero-order valence-electron chi connectivity index (χ0n) is 10.5. The normalized spacial score (nSPS) is 11.6. The van der Waals surface area contributed by atoms with Crippen molar-refractivity contribution in [3.63, 3.8) is 0 Å². The zero-order valence-corrected chi connectivity index (χ0v) is 12.8. The molecular formula is C11H14Cl2N2O3S. The summed E-state index contributed by atoms with van der Waals surface area (Å²) in [6, 6.07) is 4.28. The predicted octanol–water partition coefficient (Wildman–Crippen LogP) is 2.16. The summed E-state index contributed by atoms with van der Waals surface area (Å²) >= 11 is 11.3. The quantitative estimate of drug-likeness (QED) is 0.844. The van der Waals surface area contributed by atoms with Crippen molar-refractivity contribution in [2.75, 3.05) is 25.3 Å². The number of anilines is 1. The Morgan fingerprint density at radius 3 is 2.53 bits per heavy atom. The second kappa shape index (κ2) is 6.56. The first-order chi connectivity index (χ1) is 8.78. The molecule has 1 aromatic carbocycles. The van der Waals surface area contributed by atoms with Gasteiger partial charge in [0.05, 0.1) is 5.02 Å². The third-order valence-electron chi connectivity index (χ3n) is 2.30. The van der Waals surface area contributed by atoms with E-state index in [9.17, 15) is 13.2 Å². The van der Waals surface area contributed by atoms with E-state index < -0.39 is 10.0 Å². The van der Waals surface area contributed by atoms with Gasteiger partial charge in [-0.3, -0.25) is 4.79 Å². The van der Waals surface area contributed by atoms with Crippen molar-refractivity contribution in [1.82, 2.24) is 4.31 Å². The van der Waals surface area contributed by atoms with Gasteiger partial charge in [0.15, 0.2) is 0 Å². The molecule has 0 fully saturated rings. The van der Waals surface area contributed by atoms with E-state index in [0.717, 1.165) is 4.31 Å². The van der Waals surface area contributed by atoms with Crippen LogP contribution in [0.5, 0.6) is 0 Å². The van der Waals surface area contributed by atoms with Crippen LogP contribution in [0.2, 0.25) is 5.02 Å². The van der Waals surface area contributed by atoms with Crippen molar-refractivity contribution >= 4 is 44.8 Å². The maximum Gasteiger partial charge on any atom is 0.244 e. The summed E-state index contributed by atoms with van der Waals surface area (Å²) in [7, 11) is -0.840. The number of amides is 1. The van der Waals surface area contributed by atoms with Crippen molar-refractivity contribution < 1.29 is 13.2 Å². The summed E-state index contributed by atoms with van der Waals surface area (Å²) in [5.74, 6) is -0.0898. The fourth-order valence-corrected chi connectivity index (χ4v) is 2.85. The third-order valence-corrected chi connectivity index (χ3v) is 4.78. The molecule has 0 bridgehead atoms. The number of halogens is 2. The number of rotatable bonds is 5. The van der Waals surface area contributed by atoms with Crippen LogP contribution >= 0.6 is 23.2 Å². The molecule has 0 aromatic heterocycles. The lowest BCUT2D eigenvalue weighted by molar-refractivity contribution is -0.115. The van der Waals surface area contributed by atoms with Gasteiger partial charge < -0.3 is 5.32 Å². The molecule has 0 aliphatic heterocycles. The number of hydrogen-bond donors (Lipinski definition) is 1. The summed E-state index contributed by atoms with van der Waals surface area (Å²) in [5, 5.41) is 2.66. The van der Waals surface area contributed by atoms with Crippen LogP contribution in [0.25, 0.3) is 0 Å². The third kappa shape index (κ3) is 4.07. The van der Waals surface area contributed by atoms with Crippen LogP contribution < -0.4 is 5.32 Å². The average Bonchev–Trinajstić information content (AvgIpc) is 2.31. The molecule has 1 amide bonds. The fraction of sp³-hybridized carbons (Fsp3) is 0.364. The van der Waals surface area contributed by atoms with Crippen LogP contribution in [-0.2, 0) is 14.8 Å². The summed E-state index contributed by atoms with van der Waals surface area (Å²) in [4.78, 5) is 11.4. The van der Waals surface area contributed by atoms with Gasteiger partial charge in [-0.25, -0.2) is 12.7 Å². The zero-order chi connectivity index (χ0) is 14.6. The Kier molecular flexibility index (Phi) is 5.61. The number of alkyl halides is 1. The Morgan fingerprint density at radius 2 is 2.00 bits per heavy atom. The van der Waals surface area contributed by atoms with E-state index in [2.05, 4.69) is 5.32 Å². The first kappa shape index (κ1) is 16.2. The molecule has 0 saturated heterocycles. The van der Waals surface area contributed by atoms with Gasteiger partial charge in [-0.1, -0.05) is 11.6 Å². The van der Waals surface area contributed by atoms with E-state index in [4.69, 9.17) is 23.2 Å². The standard InChI is InChI=1S/C11H14Cl2N2O3S/c1-15(2)19(17,18)10-7-8(3-4-9(10)13)14-11(16)5-6-12/h3-4,7H,5-6H2,1-2H3,(H,14,16). The van der Waals surface area contributed by atoms with Gasteiger partial charge in [0.2, 0.25) is 15.9 Å². The number of carbonyl (C=O) groups is 1. The molecule has 0 heterocycles. The molecule has 1 N–H and O–H groups in total. The largest absolute Gasteiger partial charge is 0.326 e. The Hall–Kier alpha value is -0.820. The van der Waals surface area contributed by atoms with E-state index in [1.165, 1.54) is 32.3 Å². The van der Waals surface area contributed by atoms with E-state index >= 15 is 0 Å². The number of carbonyl (C=O) groups excluding carboxylic acids is 1. The van der Waals surface area contributed by atoms with Gasteiger partial charge in [0, 0.05) is 32.1 Å². The Bertz CT molecular complexity index is 573. The van der Waals surface area contributed by atoms with Gasteiger partial charge >= 0.3 is 0 Å². The van der Waals surface area contributed by atoms with Crippen molar-refractivity contribution in [2.45, 2.75) is 11.3 Å². The number of nitrogens with one attached hydrogen (secondary N) is 1. The molecule has 0 radical (unpaired) electrons. The Balaban J connectivity index is 3.12. The maximum absolute atomic E-state index is 12.0. The lowest BCUT2D eigenvalue weighted by atomic mass is 10.3. The van der Waals surface area contributed by atoms with Crippen molar-refractivity contribution in [3.8, 4) is 0 Å². The SMILES string of the molecule is CN(C)S(=O)(=O)c1cc(NC(=O)CCCl)ccc1Cl. The van der Waals surface area contributed by atoms with Gasteiger partial charge in [0.1, 0.15) is 4.90 Å². The van der Waals surface area contributed by atoms with Crippen LogP contribution in [-0.4, -0.2) is 38.6 Å². The van der Waals surface area contributed by atoms with Gasteiger partial charge in [-0.2, -0.15) is 0 Å². The molecule has 0 unspecified atom stereocenters. The first-order valence-corrected chi connectivity index (χ1v) is 7.72. The monoisotopic (exact) mass is 324 g/mol. The minimum atomic E-state index is -3.65. The van der Waals surface area contributed by atoms with Gasteiger partial charge in [-0.15, -0.1) is 11.6 Å². The highest BCUT2D eigenvalue weighted by molar-refractivity contribution is 7.89. The van der Waals surface area contributed by atoms with Gasteiger partial charge in [0.25, 0.3) is 0 Å². The molecule has 8 heteroatoms. The lowest BCUT2D eigenvalue weighted by Gasteiger charge is -2.14. The molecule has 0 aliphatic carbocycles. The van der Waals surface area contributed by atoms with E-state index in [0.29, 0.717) is 5.69 Å². The molecule has 1 aromatic rings. The molecule has 0 aliphatic rings. The smallest absolute Gasteiger partial charge is 0.244 e. The van der Waals surface area contributed by atoms with E-state index in [-0.39, 0.29) is 28.1 Å². The molecule has 0 saturated carbocycles. The summed E-state index contributed by atoms with van der Waals surface area (Å²) < 4.78 is 25.1. The average molecular weight is 325 g/mol. The van der Waals surface area contributed by atoms with Crippen molar-refractivity contribution in [3.05, 3.63) is 23.2 Å². The molecule has 19 heavy (non-hydrogen) atoms. The van der Waals surface area contributed by atoms with Crippen LogP contribution in [0.1, 0.15) is 6.42 Å². The molecule has 106 valence electrons. The topological polar surface area (TPSA) is 66.5 Å². The van der Waals surface area contributed by atoms with Crippen LogP contribution in [0.4, 0.5) is 5.69 Å². The summed E-state index contributed by atoms with van der Waals surface area (Å²) in [6.45, 7) is 0. The highest BCUT2D eigenvalue weighted by Crippen LogP contribution is 2.26. The predicted molar refractivity (Wildman–Crippen MR) is 76.3 cm³/mol. The minimum Gasteiger partial charge on any atom is -0.326 e. The second-order valence-corrected chi connectivity index (χ2v) is 6.83. The first-order valence-electron chi connectivity index (χ1n) is 5.37. The molecule has 5 nitrogen and oxygen atoms in total. The number of sulfonamides is 1. The van der Waals surface area contributed by atoms with Crippen LogP contribution in [0.3, 0.4) is 0 Å². The highest BCUT2D eigenvalue weighted by Gasteiger charge is 2.21. The maximum atomic E-state index is 12.0. The molecule has 0 spiro atoms. The van der Waals surface area contributed by atoms with Crippen molar-refractivity contribution in [1.29, 1.82) is 0 Å². The highest BCUT2D eigenvalue weighted by atomic mass is 35.5. The minimum absolute atomic E-state index is 0.0529. The van der Waals surface area contributed by atoms with E-state index in [1.807, 2.05) is 0 Å². The molecule has 1 rings (SSSR count). The molecule has 0 atom stereocenters. The van der Waals surface area contributed by atoms with E-state index in [1.54, 1.807) is 0 Å². The lowest BCUT2D eigenvalue weighted by Crippen LogP contribution is -2.23. The summed E-state index contributed by atoms with van der Waals surface area (Å²) in [5.41, 5.74) is 0.361. The van der Waals surface area contributed by atoms with Crippen molar-refractivity contribution in [2.24, 2.45) is 0 Å². The number of benzene rings is 1. The summed E-state index contributed by atoms with van der Waals surface area (Å²) in [6.07, 6.45) is 0.153. The molecular weight excluding hydrogens is 311 g/mol. The number of nitrogens with zero attached hydrogens (tertiary/aromatic N) is 1. The second-order valence-electron chi connectivity index (χ2n) is 3.92. The van der Waals surface area contributed by atoms with Crippen LogP contribution in [0.15, 0.2) is 23.1 Å². The van der Waals surface area contributed by atoms with Crippen LogP contribution in [0, 0.1) is 0 Å². The fourth-order valence-electron chi connectivity index (χ4n) is 1.28. The Labute approximate surface area is 122 Å². The number of hydrogen-bond acceptors (Lipinski definition) is 3. The van der Waals surface area contributed by atoms with Gasteiger partial charge in [-0.05, 0) is 18.2 Å².